The van der Waals surface area contributed by atoms with Gasteiger partial charge in [0.15, 0.2) is 5.69 Å². The van der Waals surface area contributed by atoms with E-state index in [0.29, 0.717) is 18.0 Å². The molecule has 1 aromatic rings. The Morgan fingerprint density at radius 3 is 2.52 bits per heavy atom. The molecule has 6 heteroatoms. The topological polar surface area (TPSA) is 72.4 Å². The molecular formula is C15H21N3O3. The molecule has 0 N–H and O–H groups in total. The van der Waals surface area contributed by atoms with Crippen LogP contribution in [0.1, 0.15) is 49.7 Å². The Morgan fingerprint density at radius 2 is 1.95 bits per heavy atom. The van der Waals surface area contributed by atoms with Crippen molar-refractivity contribution in [3.8, 4) is 5.88 Å². The molecule has 0 aliphatic carbocycles. The van der Waals surface area contributed by atoms with Crippen LogP contribution >= 0.6 is 0 Å². The molecule has 0 radical (unpaired) electrons. The number of esters is 1. The molecular weight excluding hydrogens is 270 g/mol. The van der Waals surface area contributed by atoms with E-state index in [1.807, 2.05) is 0 Å². The van der Waals surface area contributed by atoms with Crippen LogP contribution in [0.25, 0.3) is 0 Å². The van der Waals surface area contributed by atoms with Crippen molar-refractivity contribution in [2.24, 2.45) is 5.92 Å². The number of carbonyl (C=O) groups excluding carboxylic acids is 2. The van der Waals surface area contributed by atoms with Gasteiger partial charge in [-0.2, -0.15) is 0 Å². The molecule has 0 bridgehead atoms. The fourth-order valence-corrected chi connectivity index (χ4v) is 2.41. The Bertz CT molecular complexity index is 537. The monoisotopic (exact) mass is 291 g/mol. The Labute approximate surface area is 124 Å². The molecule has 1 fully saturated rings. The second-order valence-electron chi connectivity index (χ2n) is 5.75. The summed E-state index contributed by atoms with van der Waals surface area (Å²) in [6.07, 6.45) is 2.74. The number of likely N-dealkylation sites (tertiary alicyclic amines) is 1. The highest BCUT2D eigenvalue weighted by Crippen LogP contribution is 2.21. The summed E-state index contributed by atoms with van der Waals surface area (Å²) in [6.45, 7) is 6.97. The summed E-state index contributed by atoms with van der Waals surface area (Å²) in [5, 5.41) is 7.85. The van der Waals surface area contributed by atoms with Gasteiger partial charge in [0.05, 0.1) is 0 Å². The van der Waals surface area contributed by atoms with E-state index in [0.717, 1.165) is 31.5 Å². The average Bonchev–Trinajstić information content (AvgIpc) is 2.92. The number of ether oxygens (including phenoxy) is 1. The molecule has 114 valence electrons. The van der Waals surface area contributed by atoms with Gasteiger partial charge in [-0.15, -0.1) is 10.2 Å². The van der Waals surface area contributed by atoms with Gasteiger partial charge >= 0.3 is 5.97 Å². The first kappa shape index (κ1) is 15.4. The molecule has 1 amide bonds. The highest BCUT2D eigenvalue weighted by Gasteiger charge is 2.23. The molecule has 0 saturated carbocycles. The van der Waals surface area contributed by atoms with Crippen LogP contribution in [0.2, 0.25) is 0 Å². The molecule has 2 rings (SSSR count). The number of hydrogen-bond acceptors (Lipinski definition) is 5. The Balaban J connectivity index is 2.26. The highest BCUT2D eigenvalue weighted by atomic mass is 16.5. The molecule has 0 spiro atoms. The number of aromatic nitrogens is 2. The van der Waals surface area contributed by atoms with Crippen molar-refractivity contribution in [3.63, 3.8) is 0 Å². The summed E-state index contributed by atoms with van der Waals surface area (Å²) in [4.78, 5) is 25.2. The number of nitrogens with zero attached hydrogens (tertiary/aromatic N) is 3. The van der Waals surface area contributed by atoms with E-state index >= 15 is 0 Å². The van der Waals surface area contributed by atoms with Crippen molar-refractivity contribution in [2.45, 2.75) is 40.0 Å². The Kier molecular flexibility index (Phi) is 4.88. The van der Waals surface area contributed by atoms with Gasteiger partial charge in [0, 0.05) is 25.6 Å². The van der Waals surface area contributed by atoms with Crippen molar-refractivity contribution < 1.29 is 14.3 Å². The number of hydrogen-bond donors (Lipinski definition) is 0. The Hall–Kier alpha value is -1.98. The molecule has 1 aliphatic heterocycles. The molecule has 2 heterocycles. The second kappa shape index (κ2) is 6.65. The molecule has 6 nitrogen and oxygen atoms in total. The fraction of sp³-hybridized carbons (Fsp3) is 0.600. The zero-order chi connectivity index (χ0) is 15.4. The first-order chi connectivity index (χ1) is 9.97. The molecule has 1 aliphatic rings. The van der Waals surface area contributed by atoms with Crippen LogP contribution in [0.15, 0.2) is 6.07 Å². The lowest BCUT2D eigenvalue weighted by Gasteiger charge is -2.15. The van der Waals surface area contributed by atoms with Crippen molar-refractivity contribution in [1.82, 2.24) is 15.1 Å². The maximum Gasteiger partial charge on any atom is 0.309 e. The number of amides is 1. The third-order valence-corrected chi connectivity index (χ3v) is 3.32. The summed E-state index contributed by atoms with van der Waals surface area (Å²) in [5.41, 5.74) is 1.07. The van der Waals surface area contributed by atoms with E-state index in [4.69, 9.17) is 4.74 Å². The summed E-state index contributed by atoms with van der Waals surface area (Å²) in [6, 6.07) is 1.70. The number of carbonyl (C=O) groups is 2. The van der Waals surface area contributed by atoms with Gasteiger partial charge in [0.2, 0.25) is 5.88 Å². The maximum atomic E-state index is 12.3. The minimum Gasteiger partial charge on any atom is -0.406 e. The molecule has 21 heavy (non-hydrogen) atoms. The van der Waals surface area contributed by atoms with Crippen LogP contribution in [0.4, 0.5) is 0 Å². The summed E-state index contributed by atoms with van der Waals surface area (Å²) < 4.78 is 5.07. The molecule has 0 atom stereocenters. The molecule has 1 saturated heterocycles. The summed E-state index contributed by atoms with van der Waals surface area (Å²) in [7, 11) is 0. The van der Waals surface area contributed by atoms with Crippen molar-refractivity contribution >= 4 is 11.9 Å². The fourth-order valence-electron chi connectivity index (χ4n) is 2.41. The molecule has 0 unspecified atom stereocenters. The van der Waals surface area contributed by atoms with E-state index < -0.39 is 5.97 Å². The molecule has 1 aromatic heterocycles. The SMILES string of the molecule is CC(=O)Oc1nnc(C(=O)N2CCCC2)cc1CC(C)C. The smallest absolute Gasteiger partial charge is 0.309 e. The van der Waals surface area contributed by atoms with Gasteiger partial charge in [-0.25, -0.2) is 0 Å². The minimum atomic E-state index is -0.437. The predicted octanol–water partition coefficient (Wildman–Crippen LogP) is 1.84. The van der Waals surface area contributed by atoms with Crippen LogP contribution in [-0.4, -0.2) is 40.1 Å². The molecule has 0 aromatic carbocycles. The highest BCUT2D eigenvalue weighted by molar-refractivity contribution is 5.92. The van der Waals surface area contributed by atoms with Crippen LogP contribution in [-0.2, 0) is 11.2 Å². The Morgan fingerprint density at radius 1 is 1.29 bits per heavy atom. The zero-order valence-corrected chi connectivity index (χ0v) is 12.8. The first-order valence-corrected chi connectivity index (χ1v) is 7.31. The quantitative estimate of drug-likeness (QED) is 0.791. The first-order valence-electron chi connectivity index (χ1n) is 7.31. The van der Waals surface area contributed by atoms with Gasteiger partial charge in [0.25, 0.3) is 5.91 Å². The van der Waals surface area contributed by atoms with E-state index in [-0.39, 0.29) is 11.8 Å². The maximum absolute atomic E-state index is 12.3. The van der Waals surface area contributed by atoms with Crippen LogP contribution in [0.5, 0.6) is 5.88 Å². The van der Waals surface area contributed by atoms with Gasteiger partial charge in [-0.3, -0.25) is 9.59 Å². The van der Waals surface area contributed by atoms with Gasteiger partial charge in [-0.05, 0) is 31.2 Å². The van der Waals surface area contributed by atoms with Gasteiger partial charge < -0.3 is 9.64 Å². The van der Waals surface area contributed by atoms with Gasteiger partial charge in [-0.1, -0.05) is 13.8 Å². The zero-order valence-electron chi connectivity index (χ0n) is 12.8. The van der Waals surface area contributed by atoms with Crippen LogP contribution < -0.4 is 4.74 Å². The van der Waals surface area contributed by atoms with Crippen molar-refractivity contribution in [1.29, 1.82) is 0 Å². The standard InChI is InChI=1S/C15H21N3O3/c1-10(2)8-12-9-13(15(20)18-6-4-5-7-18)16-17-14(12)21-11(3)19/h9-10H,4-8H2,1-3H3. The van der Waals surface area contributed by atoms with Crippen LogP contribution in [0, 0.1) is 5.92 Å². The third kappa shape index (κ3) is 4.00. The lowest BCUT2D eigenvalue weighted by atomic mass is 10.0. The van der Waals surface area contributed by atoms with Crippen molar-refractivity contribution in [3.05, 3.63) is 17.3 Å². The lowest BCUT2D eigenvalue weighted by molar-refractivity contribution is -0.132. The largest absolute Gasteiger partial charge is 0.406 e. The normalized spacial score (nSPS) is 14.6. The summed E-state index contributed by atoms with van der Waals surface area (Å²) >= 11 is 0. The predicted molar refractivity (Wildman–Crippen MR) is 77.0 cm³/mol. The van der Waals surface area contributed by atoms with Crippen LogP contribution in [0.3, 0.4) is 0 Å². The summed E-state index contributed by atoms with van der Waals surface area (Å²) in [5.74, 6) is 0.0275. The van der Waals surface area contributed by atoms with E-state index in [2.05, 4.69) is 24.0 Å². The minimum absolute atomic E-state index is 0.0978. The van der Waals surface area contributed by atoms with E-state index in [1.54, 1.807) is 11.0 Å². The average molecular weight is 291 g/mol. The van der Waals surface area contributed by atoms with E-state index in [9.17, 15) is 9.59 Å². The van der Waals surface area contributed by atoms with Crippen molar-refractivity contribution in [2.75, 3.05) is 13.1 Å². The third-order valence-electron chi connectivity index (χ3n) is 3.32. The second-order valence-corrected chi connectivity index (χ2v) is 5.75. The number of rotatable bonds is 4. The van der Waals surface area contributed by atoms with Gasteiger partial charge in [0.1, 0.15) is 0 Å². The lowest BCUT2D eigenvalue weighted by Crippen LogP contribution is -2.29. The van der Waals surface area contributed by atoms with E-state index in [1.165, 1.54) is 6.92 Å².